The van der Waals surface area contributed by atoms with E-state index < -0.39 is 11.9 Å². The fraction of sp³-hybridized carbons (Fsp3) is 0.261. The molecular weight excluding hydrogens is 400 g/mol. The molecule has 0 aliphatic rings. The van der Waals surface area contributed by atoms with Crippen molar-refractivity contribution < 1.29 is 28.3 Å². The Labute approximate surface area is 180 Å². The highest BCUT2D eigenvalue weighted by molar-refractivity contribution is 5.96. The van der Waals surface area contributed by atoms with Gasteiger partial charge in [-0.05, 0) is 32.0 Å². The molecule has 0 atom stereocenters. The van der Waals surface area contributed by atoms with Crippen molar-refractivity contribution in [2.75, 3.05) is 19.8 Å². The van der Waals surface area contributed by atoms with Crippen molar-refractivity contribution in [3.8, 4) is 22.8 Å². The third kappa shape index (κ3) is 6.08. The van der Waals surface area contributed by atoms with Crippen LogP contribution in [-0.2, 0) is 16.1 Å². The molecular formula is C23H24N2O6. The highest BCUT2D eigenvalue weighted by Crippen LogP contribution is 2.28. The Balaban J connectivity index is 1.50. The van der Waals surface area contributed by atoms with Crippen LogP contribution in [0.3, 0.4) is 0 Å². The molecule has 0 saturated heterocycles. The fourth-order valence-corrected chi connectivity index (χ4v) is 2.78. The van der Waals surface area contributed by atoms with Crippen molar-refractivity contribution >= 4 is 11.9 Å². The van der Waals surface area contributed by atoms with Gasteiger partial charge in [-0.2, -0.15) is 0 Å². The lowest BCUT2D eigenvalue weighted by atomic mass is 10.1. The zero-order valence-electron chi connectivity index (χ0n) is 17.4. The quantitative estimate of drug-likeness (QED) is 0.496. The van der Waals surface area contributed by atoms with Crippen molar-refractivity contribution in [3.63, 3.8) is 0 Å². The SMILES string of the molecule is CCOc1ccc(C(=O)NCC(=O)OCc2cc(-c3ccccc3)no2)cc1OCC. The molecule has 2 aromatic carbocycles. The molecule has 0 saturated carbocycles. The van der Waals surface area contributed by atoms with E-state index >= 15 is 0 Å². The maximum Gasteiger partial charge on any atom is 0.325 e. The summed E-state index contributed by atoms with van der Waals surface area (Å²) in [4.78, 5) is 24.4. The van der Waals surface area contributed by atoms with E-state index in [0.29, 0.717) is 41.7 Å². The van der Waals surface area contributed by atoms with Crippen molar-refractivity contribution in [1.82, 2.24) is 10.5 Å². The topological polar surface area (TPSA) is 99.9 Å². The van der Waals surface area contributed by atoms with Crippen LogP contribution in [0.2, 0.25) is 0 Å². The second kappa shape index (κ2) is 10.8. The van der Waals surface area contributed by atoms with Gasteiger partial charge in [-0.1, -0.05) is 35.5 Å². The van der Waals surface area contributed by atoms with Gasteiger partial charge in [-0.25, -0.2) is 0 Å². The van der Waals surface area contributed by atoms with Gasteiger partial charge in [0.1, 0.15) is 12.2 Å². The molecule has 1 amide bonds. The number of carbonyl (C=O) groups is 2. The van der Waals surface area contributed by atoms with Gasteiger partial charge in [0.2, 0.25) is 0 Å². The number of rotatable bonds is 10. The lowest BCUT2D eigenvalue weighted by molar-refractivity contribution is -0.144. The normalized spacial score (nSPS) is 10.4. The summed E-state index contributed by atoms with van der Waals surface area (Å²) in [5.74, 6) is 0.418. The zero-order valence-corrected chi connectivity index (χ0v) is 17.4. The minimum absolute atomic E-state index is 0.0773. The van der Waals surface area contributed by atoms with Crippen molar-refractivity contribution in [1.29, 1.82) is 0 Å². The lowest BCUT2D eigenvalue weighted by Gasteiger charge is -2.12. The second-order valence-electron chi connectivity index (χ2n) is 6.42. The highest BCUT2D eigenvalue weighted by atomic mass is 16.6. The Morgan fingerprint density at radius 2 is 1.71 bits per heavy atom. The summed E-state index contributed by atoms with van der Waals surface area (Å²) < 4.78 is 21.3. The first kappa shape index (κ1) is 21.9. The van der Waals surface area contributed by atoms with E-state index in [1.54, 1.807) is 24.3 Å². The standard InChI is InChI=1S/C23H24N2O6/c1-3-28-20-11-10-17(12-21(20)29-4-2)23(27)24-14-22(26)30-15-18-13-19(25-31-18)16-8-6-5-7-9-16/h5-13H,3-4,14-15H2,1-2H3,(H,24,27). The number of nitrogens with one attached hydrogen (secondary N) is 1. The molecule has 0 aliphatic heterocycles. The lowest BCUT2D eigenvalue weighted by Crippen LogP contribution is -2.30. The molecule has 8 nitrogen and oxygen atoms in total. The number of ether oxygens (including phenoxy) is 3. The summed E-state index contributed by atoms with van der Waals surface area (Å²) in [6.07, 6.45) is 0. The molecule has 0 radical (unpaired) electrons. The summed E-state index contributed by atoms with van der Waals surface area (Å²) in [6, 6.07) is 16.1. The number of amides is 1. The molecule has 8 heteroatoms. The summed E-state index contributed by atoms with van der Waals surface area (Å²) in [6.45, 7) is 4.27. The van der Waals surface area contributed by atoms with Crippen LogP contribution >= 0.6 is 0 Å². The molecule has 1 N–H and O–H groups in total. The van der Waals surface area contributed by atoms with Crippen LogP contribution < -0.4 is 14.8 Å². The van der Waals surface area contributed by atoms with E-state index in [0.717, 1.165) is 5.56 Å². The van der Waals surface area contributed by atoms with Crippen LogP contribution in [0.4, 0.5) is 0 Å². The molecule has 31 heavy (non-hydrogen) atoms. The van der Waals surface area contributed by atoms with Crippen molar-refractivity contribution in [2.45, 2.75) is 20.5 Å². The summed E-state index contributed by atoms with van der Waals surface area (Å²) >= 11 is 0. The Kier molecular flexibility index (Phi) is 7.64. The average Bonchev–Trinajstić information content (AvgIpc) is 3.27. The van der Waals surface area contributed by atoms with Crippen LogP contribution in [0.25, 0.3) is 11.3 Å². The van der Waals surface area contributed by atoms with E-state index in [9.17, 15) is 9.59 Å². The van der Waals surface area contributed by atoms with Gasteiger partial charge in [0, 0.05) is 17.2 Å². The van der Waals surface area contributed by atoms with E-state index in [-0.39, 0.29) is 13.2 Å². The van der Waals surface area contributed by atoms with Gasteiger partial charge in [0.05, 0.1) is 13.2 Å². The first-order valence-corrected chi connectivity index (χ1v) is 9.95. The Morgan fingerprint density at radius 3 is 2.45 bits per heavy atom. The van der Waals surface area contributed by atoms with Crippen molar-refractivity contribution in [3.05, 3.63) is 65.9 Å². The molecule has 162 valence electrons. The number of carbonyl (C=O) groups excluding carboxylic acids is 2. The van der Waals surface area contributed by atoms with Gasteiger partial charge in [0.25, 0.3) is 5.91 Å². The monoisotopic (exact) mass is 424 g/mol. The third-order valence-corrected chi connectivity index (χ3v) is 4.20. The number of nitrogens with zero attached hydrogens (tertiary/aromatic N) is 1. The van der Waals surface area contributed by atoms with Gasteiger partial charge in [-0.3, -0.25) is 9.59 Å². The second-order valence-corrected chi connectivity index (χ2v) is 6.42. The molecule has 0 bridgehead atoms. The van der Waals surface area contributed by atoms with E-state index in [1.165, 1.54) is 0 Å². The predicted octanol–water partition coefficient (Wildman–Crippen LogP) is 3.61. The molecule has 3 aromatic rings. The molecule has 0 fully saturated rings. The highest BCUT2D eigenvalue weighted by Gasteiger charge is 2.14. The Morgan fingerprint density at radius 1 is 0.968 bits per heavy atom. The molecule has 3 rings (SSSR count). The Hall–Kier alpha value is -3.81. The van der Waals surface area contributed by atoms with Crippen molar-refractivity contribution in [2.24, 2.45) is 0 Å². The average molecular weight is 424 g/mol. The van der Waals surface area contributed by atoms with E-state index in [1.807, 2.05) is 44.2 Å². The minimum atomic E-state index is -0.595. The zero-order chi connectivity index (χ0) is 22.1. The van der Waals surface area contributed by atoms with E-state index in [4.69, 9.17) is 18.7 Å². The molecule has 1 aromatic heterocycles. The summed E-state index contributed by atoms with van der Waals surface area (Å²) in [5.41, 5.74) is 1.90. The number of esters is 1. The molecule has 1 heterocycles. The Bertz CT molecular complexity index is 1020. The van der Waals surface area contributed by atoms with E-state index in [2.05, 4.69) is 10.5 Å². The minimum Gasteiger partial charge on any atom is -0.490 e. The predicted molar refractivity (Wildman–Crippen MR) is 113 cm³/mol. The summed E-state index contributed by atoms with van der Waals surface area (Å²) in [5, 5.41) is 6.49. The first-order valence-electron chi connectivity index (χ1n) is 9.95. The van der Waals surface area contributed by atoms with Gasteiger partial charge >= 0.3 is 5.97 Å². The third-order valence-electron chi connectivity index (χ3n) is 4.20. The number of hydrogen-bond donors (Lipinski definition) is 1. The smallest absolute Gasteiger partial charge is 0.325 e. The largest absolute Gasteiger partial charge is 0.490 e. The van der Waals surface area contributed by atoms with Crippen LogP contribution in [-0.4, -0.2) is 36.8 Å². The number of benzene rings is 2. The summed E-state index contributed by atoms with van der Waals surface area (Å²) in [7, 11) is 0. The molecule has 0 spiro atoms. The van der Waals surface area contributed by atoms with Crippen LogP contribution in [0.15, 0.2) is 59.1 Å². The number of aromatic nitrogens is 1. The first-order chi connectivity index (χ1) is 15.1. The molecule has 0 aliphatic carbocycles. The van der Waals surface area contributed by atoms with Gasteiger partial charge in [0.15, 0.2) is 23.9 Å². The van der Waals surface area contributed by atoms with Crippen LogP contribution in [0.5, 0.6) is 11.5 Å². The maximum atomic E-state index is 12.4. The van der Waals surface area contributed by atoms with Gasteiger partial charge in [-0.15, -0.1) is 0 Å². The molecule has 0 unspecified atom stereocenters. The fourth-order valence-electron chi connectivity index (χ4n) is 2.78. The maximum absolute atomic E-state index is 12.4. The number of hydrogen-bond acceptors (Lipinski definition) is 7. The van der Waals surface area contributed by atoms with Crippen LogP contribution in [0, 0.1) is 0 Å². The van der Waals surface area contributed by atoms with Gasteiger partial charge < -0.3 is 24.1 Å². The van der Waals surface area contributed by atoms with Crippen LogP contribution in [0.1, 0.15) is 30.0 Å².